The molecule has 0 saturated heterocycles. The van der Waals surface area contributed by atoms with E-state index in [-0.39, 0.29) is 24.5 Å². The summed E-state index contributed by atoms with van der Waals surface area (Å²) in [6, 6.07) is -0.504. The smallest absolute Gasteiger partial charge is 0.246 e. The van der Waals surface area contributed by atoms with Crippen LogP contribution in [0.4, 0.5) is 0 Å². The number of rotatable bonds is 8. The molecule has 6 nitrogen and oxygen atoms in total. The van der Waals surface area contributed by atoms with Crippen molar-refractivity contribution in [1.82, 2.24) is 10.6 Å². The SMILES string of the molecule is COCCOCC(=O)NC(C)C(=O)NC(C)C. The summed E-state index contributed by atoms with van der Waals surface area (Å²) in [7, 11) is 1.56. The van der Waals surface area contributed by atoms with E-state index in [1.807, 2.05) is 13.8 Å². The third-order valence-electron chi connectivity index (χ3n) is 1.87. The molecule has 0 bridgehead atoms. The van der Waals surface area contributed by atoms with Crippen molar-refractivity contribution < 1.29 is 19.1 Å². The lowest BCUT2D eigenvalue weighted by Crippen LogP contribution is -2.47. The van der Waals surface area contributed by atoms with Gasteiger partial charge in [-0.3, -0.25) is 9.59 Å². The van der Waals surface area contributed by atoms with Crippen molar-refractivity contribution in [3.8, 4) is 0 Å². The molecule has 2 amide bonds. The number of carbonyl (C=O) groups excluding carboxylic acids is 2. The van der Waals surface area contributed by atoms with E-state index in [9.17, 15) is 9.59 Å². The number of methoxy groups -OCH3 is 1. The Kier molecular flexibility index (Phi) is 8.35. The molecule has 0 aromatic heterocycles. The largest absolute Gasteiger partial charge is 0.382 e. The van der Waals surface area contributed by atoms with Gasteiger partial charge in [0, 0.05) is 13.2 Å². The molecule has 1 unspecified atom stereocenters. The lowest BCUT2D eigenvalue weighted by Gasteiger charge is -2.15. The molecule has 0 heterocycles. The van der Waals surface area contributed by atoms with Crippen LogP contribution in [-0.4, -0.2) is 50.8 Å². The molecule has 0 fully saturated rings. The minimum atomic E-state index is -0.559. The van der Waals surface area contributed by atoms with Crippen molar-refractivity contribution in [2.75, 3.05) is 26.9 Å². The molecular weight excluding hydrogens is 224 g/mol. The van der Waals surface area contributed by atoms with Gasteiger partial charge in [0.2, 0.25) is 11.8 Å². The standard InChI is InChI=1S/C11H22N2O4/c1-8(2)12-11(15)9(3)13-10(14)7-17-6-5-16-4/h8-9H,5-7H2,1-4H3,(H,12,15)(H,13,14). The quantitative estimate of drug-likeness (QED) is 0.575. The van der Waals surface area contributed by atoms with Crippen LogP contribution >= 0.6 is 0 Å². The summed E-state index contributed by atoms with van der Waals surface area (Å²) in [6.07, 6.45) is 0. The van der Waals surface area contributed by atoms with Crippen molar-refractivity contribution in [1.29, 1.82) is 0 Å². The van der Waals surface area contributed by atoms with Gasteiger partial charge in [0.05, 0.1) is 13.2 Å². The first-order valence-electron chi connectivity index (χ1n) is 5.63. The van der Waals surface area contributed by atoms with E-state index in [4.69, 9.17) is 9.47 Å². The summed E-state index contributed by atoms with van der Waals surface area (Å²) in [4.78, 5) is 22.8. The second-order valence-corrected chi connectivity index (χ2v) is 4.00. The fourth-order valence-electron chi connectivity index (χ4n) is 1.07. The molecule has 17 heavy (non-hydrogen) atoms. The Hall–Kier alpha value is -1.14. The minimum Gasteiger partial charge on any atom is -0.382 e. The van der Waals surface area contributed by atoms with Gasteiger partial charge in [0.25, 0.3) is 0 Å². The predicted octanol–water partition coefficient (Wildman–Crippen LogP) is -0.321. The number of ether oxygens (including phenoxy) is 2. The highest BCUT2D eigenvalue weighted by Crippen LogP contribution is 1.86. The Bertz CT molecular complexity index is 244. The topological polar surface area (TPSA) is 76.7 Å². The molecule has 0 aromatic rings. The van der Waals surface area contributed by atoms with Gasteiger partial charge >= 0.3 is 0 Å². The molecule has 6 heteroatoms. The molecule has 0 aliphatic carbocycles. The van der Waals surface area contributed by atoms with E-state index in [0.717, 1.165) is 0 Å². The van der Waals surface area contributed by atoms with Crippen molar-refractivity contribution in [2.45, 2.75) is 32.9 Å². The Morgan fingerprint density at radius 1 is 1.12 bits per heavy atom. The van der Waals surface area contributed by atoms with Crippen LogP contribution in [0.3, 0.4) is 0 Å². The molecule has 100 valence electrons. The maximum atomic E-state index is 11.5. The van der Waals surface area contributed by atoms with E-state index >= 15 is 0 Å². The van der Waals surface area contributed by atoms with Crippen LogP contribution in [-0.2, 0) is 19.1 Å². The molecule has 0 rings (SSSR count). The van der Waals surface area contributed by atoms with Crippen LogP contribution < -0.4 is 10.6 Å². The summed E-state index contributed by atoms with van der Waals surface area (Å²) < 4.78 is 9.79. The van der Waals surface area contributed by atoms with Crippen LogP contribution in [0.2, 0.25) is 0 Å². The normalized spacial score (nSPS) is 12.3. The predicted molar refractivity (Wildman–Crippen MR) is 63.6 cm³/mol. The third-order valence-corrected chi connectivity index (χ3v) is 1.87. The van der Waals surface area contributed by atoms with Crippen LogP contribution in [0.25, 0.3) is 0 Å². The summed E-state index contributed by atoms with van der Waals surface area (Å²) in [5.41, 5.74) is 0. The highest BCUT2D eigenvalue weighted by atomic mass is 16.5. The second-order valence-electron chi connectivity index (χ2n) is 4.00. The van der Waals surface area contributed by atoms with Crippen LogP contribution in [0.5, 0.6) is 0 Å². The van der Waals surface area contributed by atoms with Gasteiger partial charge in [-0.25, -0.2) is 0 Å². The first-order chi connectivity index (χ1) is 7.97. The number of nitrogens with one attached hydrogen (secondary N) is 2. The Morgan fingerprint density at radius 3 is 2.29 bits per heavy atom. The summed E-state index contributed by atoms with van der Waals surface area (Å²) >= 11 is 0. The molecule has 0 aromatic carbocycles. The molecule has 0 aliphatic heterocycles. The van der Waals surface area contributed by atoms with E-state index in [2.05, 4.69) is 10.6 Å². The lowest BCUT2D eigenvalue weighted by atomic mass is 10.3. The summed E-state index contributed by atoms with van der Waals surface area (Å²) in [6.45, 7) is 6.08. The number of hydrogen-bond donors (Lipinski definition) is 2. The zero-order valence-corrected chi connectivity index (χ0v) is 10.9. The maximum absolute atomic E-state index is 11.5. The molecule has 0 saturated carbocycles. The van der Waals surface area contributed by atoms with Gasteiger partial charge < -0.3 is 20.1 Å². The van der Waals surface area contributed by atoms with Gasteiger partial charge in [-0.05, 0) is 20.8 Å². The van der Waals surface area contributed by atoms with Crippen molar-refractivity contribution in [2.24, 2.45) is 0 Å². The Morgan fingerprint density at radius 2 is 1.76 bits per heavy atom. The van der Waals surface area contributed by atoms with Gasteiger partial charge in [0.1, 0.15) is 12.6 Å². The van der Waals surface area contributed by atoms with Crippen molar-refractivity contribution in [3.63, 3.8) is 0 Å². The second kappa shape index (κ2) is 8.95. The summed E-state index contributed by atoms with van der Waals surface area (Å²) in [5.74, 6) is -0.516. The van der Waals surface area contributed by atoms with Crippen LogP contribution in [0.15, 0.2) is 0 Å². The minimum absolute atomic E-state index is 0.0554. The van der Waals surface area contributed by atoms with Gasteiger partial charge in [-0.15, -0.1) is 0 Å². The zero-order valence-electron chi connectivity index (χ0n) is 10.9. The maximum Gasteiger partial charge on any atom is 0.246 e. The van der Waals surface area contributed by atoms with Crippen molar-refractivity contribution >= 4 is 11.8 Å². The molecule has 0 aliphatic rings. The van der Waals surface area contributed by atoms with E-state index in [0.29, 0.717) is 13.2 Å². The Balaban J connectivity index is 3.75. The average molecular weight is 246 g/mol. The Labute approximate surface area is 102 Å². The van der Waals surface area contributed by atoms with Gasteiger partial charge in [-0.1, -0.05) is 0 Å². The third kappa shape index (κ3) is 8.65. The average Bonchev–Trinajstić information content (AvgIpc) is 2.23. The molecule has 0 radical (unpaired) electrons. The fourth-order valence-corrected chi connectivity index (χ4v) is 1.07. The highest BCUT2D eigenvalue weighted by molar-refractivity contribution is 5.87. The zero-order chi connectivity index (χ0) is 13.3. The molecule has 0 spiro atoms. The monoisotopic (exact) mass is 246 g/mol. The van der Waals surface area contributed by atoms with Crippen LogP contribution in [0, 0.1) is 0 Å². The first kappa shape index (κ1) is 15.9. The van der Waals surface area contributed by atoms with Crippen molar-refractivity contribution in [3.05, 3.63) is 0 Å². The number of carbonyl (C=O) groups is 2. The highest BCUT2D eigenvalue weighted by Gasteiger charge is 2.15. The van der Waals surface area contributed by atoms with Crippen LogP contribution in [0.1, 0.15) is 20.8 Å². The molecular formula is C11H22N2O4. The molecule has 1 atom stereocenters. The molecule has 2 N–H and O–H groups in total. The first-order valence-corrected chi connectivity index (χ1v) is 5.63. The number of amides is 2. The van der Waals surface area contributed by atoms with E-state index in [1.165, 1.54) is 0 Å². The van der Waals surface area contributed by atoms with E-state index in [1.54, 1.807) is 14.0 Å². The van der Waals surface area contributed by atoms with Gasteiger partial charge in [0.15, 0.2) is 0 Å². The fraction of sp³-hybridized carbons (Fsp3) is 0.818. The summed E-state index contributed by atoms with van der Waals surface area (Å²) in [5, 5.41) is 5.25. The number of hydrogen-bond acceptors (Lipinski definition) is 4. The lowest BCUT2D eigenvalue weighted by molar-refractivity contribution is -0.131. The van der Waals surface area contributed by atoms with Gasteiger partial charge in [-0.2, -0.15) is 0 Å². The van der Waals surface area contributed by atoms with E-state index < -0.39 is 6.04 Å².